The van der Waals surface area contributed by atoms with Gasteiger partial charge in [-0.1, -0.05) is 24.3 Å². The molecule has 32 heavy (non-hydrogen) atoms. The monoisotopic (exact) mass is 431 g/mol. The number of hydrogen-bond donors (Lipinski definition) is 1. The molecule has 4 aromatic rings. The smallest absolute Gasteiger partial charge is 0.248 e. The molecule has 0 aliphatic carbocycles. The van der Waals surface area contributed by atoms with Gasteiger partial charge in [0.1, 0.15) is 22.9 Å². The fourth-order valence-electron chi connectivity index (χ4n) is 3.63. The maximum atomic E-state index is 13.4. The summed E-state index contributed by atoms with van der Waals surface area (Å²) in [5, 5.41) is 3.54. The van der Waals surface area contributed by atoms with Gasteiger partial charge in [0, 0.05) is 39.9 Å². The SMILES string of the molecule is COc1cc2occ(-c3ccccc3OC)c2cc1/C(C)=C/C(=O)Nc1cccc(F)c1. The first-order valence-electron chi connectivity index (χ1n) is 9.98. The lowest BCUT2D eigenvalue weighted by Crippen LogP contribution is -2.08. The van der Waals surface area contributed by atoms with Crippen LogP contribution in [0, 0.1) is 5.82 Å². The van der Waals surface area contributed by atoms with E-state index in [1.54, 1.807) is 32.6 Å². The number of furan rings is 1. The Kier molecular flexibility index (Phi) is 5.94. The van der Waals surface area contributed by atoms with Crippen molar-refractivity contribution in [3.8, 4) is 22.6 Å². The molecule has 0 radical (unpaired) electrons. The van der Waals surface area contributed by atoms with E-state index in [4.69, 9.17) is 13.9 Å². The molecular weight excluding hydrogens is 409 g/mol. The second kappa shape index (κ2) is 8.98. The van der Waals surface area contributed by atoms with Crippen molar-refractivity contribution in [2.24, 2.45) is 0 Å². The van der Waals surface area contributed by atoms with Crippen LogP contribution in [-0.4, -0.2) is 20.1 Å². The molecule has 0 fully saturated rings. The number of hydrogen-bond acceptors (Lipinski definition) is 4. The Morgan fingerprint density at radius 1 is 0.969 bits per heavy atom. The summed E-state index contributed by atoms with van der Waals surface area (Å²) in [6.45, 7) is 1.82. The molecule has 3 aromatic carbocycles. The number of anilines is 1. The second-order valence-electron chi connectivity index (χ2n) is 7.23. The second-order valence-corrected chi connectivity index (χ2v) is 7.23. The third kappa shape index (κ3) is 4.21. The van der Waals surface area contributed by atoms with Crippen LogP contribution in [0.15, 0.2) is 77.4 Å². The molecule has 4 rings (SSSR count). The van der Waals surface area contributed by atoms with Crippen molar-refractivity contribution in [2.45, 2.75) is 6.92 Å². The Morgan fingerprint density at radius 2 is 1.75 bits per heavy atom. The molecule has 0 aliphatic rings. The first kappa shape index (κ1) is 21.2. The zero-order valence-electron chi connectivity index (χ0n) is 17.9. The maximum absolute atomic E-state index is 13.4. The van der Waals surface area contributed by atoms with Gasteiger partial charge in [-0.25, -0.2) is 4.39 Å². The van der Waals surface area contributed by atoms with E-state index < -0.39 is 5.82 Å². The van der Waals surface area contributed by atoms with E-state index in [0.717, 1.165) is 27.8 Å². The van der Waals surface area contributed by atoms with E-state index in [9.17, 15) is 9.18 Å². The van der Waals surface area contributed by atoms with Crippen molar-refractivity contribution in [1.82, 2.24) is 0 Å². The van der Waals surface area contributed by atoms with Crippen LogP contribution in [0.3, 0.4) is 0 Å². The predicted octanol–water partition coefficient (Wildman–Crippen LogP) is 6.30. The summed E-state index contributed by atoms with van der Waals surface area (Å²) in [4.78, 5) is 12.5. The number of allylic oxidation sites excluding steroid dienone is 1. The molecule has 0 spiro atoms. The number of fused-ring (bicyclic) bond motifs is 1. The molecule has 0 unspecified atom stereocenters. The van der Waals surface area contributed by atoms with E-state index in [0.29, 0.717) is 22.6 Å². The molecule has 0 aliphatic heterocycles. The van der Waals surface area contributed by atoms with Gasteiger partial charge in [-0.3, -0.25) is 4.79 Å². The minimum Gasteiger partial charge on any atom is -0.496 e. The van der Waals surface area contributed by atoms with Crippen LogP contribution in [0.2, 0.25) is 0 Å². The number of benzene rings is 3. The number of carbonyl (C=O) groups is 1. The number of carbonyl (C=O) groups excluding carboxylic acids is 1. The Labute approximate surface area is 185 Å². The van der Waals surface area contributed by atoms with Crippen molar-refractivity contribution in [2.75, 3.05) is 19.5 Å². The Balaban J connectivity index is 1.74. The minimum atomic E-state index is -0.417. The van der Waals surface area contributed by atoms with Crippen molar-refractivity contribution in [1.29, 1.82) is 0 Å². The number of amides is 1. The molecule has 5 nitrogen and oxygen atoms in total. The quantitative estimate of drug-likeness (QED) is 0.364. The van der Waals surface area contributed by atoms with Crippen molar-refractivity contribution in [3.05, 3.63) is 84.4 Å². The Hall–Kier alpha value is -4.06. The van der Waals surface area contributed by atoms with E-state index in [1.165, 1.54) is 24.3 Å². The predicted molar refractivity (Wildman–Crippen MR) is 123 cm³/mol. The number of nitrogens with one attached hydrogen (secondary N) is 1. The Bertz CT molecular complexity index is 1320. The van der Waals surface area contributed by atoms with Crippen molar-refractivity contribution < 1.29 is 23.1 Å². The topological polar surface area (TPSA) is 60.7 Å². The zero-order valence-corrected chi connectivity index (χ0v) is 17.9. The Morgan fingerprint density at radius 3 is 2.50 bits per heavy atom. The van der Waals surface area contributed by atoms with Gasteiger partial charge in [-0.05, 0) is 42.8 Å². The zero-order chi connectivity index (χ0) is 22.7. The normalized spacial score (nSPS) is 11.4. The summed E-state index contributed by atoms with van der Waals surface area (Å²) in [6, 6.07) is 17.2. The maximum Gasteiger partial charge on any atom is 0.248 e. The molecule has 1 N–H and O–H groups in total. The third-order valence-corrected chi connectivity index (χ3v) is 5.16. The molecule has 6 heteroatoms. The fourth-order valence-corrected chi connectivity index (χ4v) is 3.63. The van der Waals surface area contributed by atoms with Gasteiger partial charge in [0.05, 0.1) is 20.5 Å². The highest BCUT2D eigenvalue weighted by atomic mass is 19.1. The van der Waals surface area contributed by atoms with Gasteiger partial charge in [-0.15, -0.1) is 0 Å². The lowest BCUT2D eigenvalue weighted by atomic mass is 9.98. The summed E-state index contributed by atoms with van der Waals surface area (Å²) in [5.41, 5.74) is 4.24. The van der Waals surface area contributed by atoms with Crippen LogP contribution in [0.4, 0.5) is 10.1 Å². The van der Waals surface area contributed by atoms with Crippen LogP contribution in [0.25, 0.3) is 27.7 Å². The molecular formula is C26H22FNO4. The van der Waals surface area contributed by atoms with E-state index in [2.05, 4.69) is 5.32 Å². The van der Waals surface area contributed by atoms with Crippen LogP contribution in [0.1, 0.15) is 12.5 Å². The van der Waals surface area contributed by atoms with E-state index in [-0.39, 0.29) is 5.91 Å². The molecule has 0 saturated heterocycles. The molecule has 0 saturated carbocycles. The number of rotatable bonds is 6. The summed E-state index contributed by atoms with van der Waals surface area (Å²) in [6.07, 6.45) is 3.14. The highest BCUT2D eigenvalue weighted by Crippen LogP contribution is 2.40. The fraction of sp³-hybridized carbons (Fsp3) is 0.115. The number of ether oxygens (including phenoxy) is 2. The highest BCUT2D eigenvalue weighted by Gasteiger charge is 2.17. The molecule has 0 atom stereocenters. The average Bonchev–Trinajstić information content (AvgIpc) is 3.20. The standard InChI is InChI=1S/C26H22FNO4/c1-16(11-26(29)28-18-8-6-7-17(27)12-18)20-13-21-22(15-32-25(21)14-24(20)31-3)19-9-4-5-10-23(19)30-2/h4-15H,1-3H3,(H,28,29)/b16-11+. The van der Waals surface area contributed by atoms with Crippen molar-refractivity contribution in [3.63, 3.8) is 0 Å². The minimum absolute atomic E-state index is 0.368. The van der Waals surface area contributed by atoms with E-state index >= 15 is 0 Å². The first-order valence-corrected chi connectivity index (χ1v) is 9.98. The van der Waals surface area contributed by atoms with Crippen LogP contribution in [-0.2, 0) is 4.79 Å². The molecule has 1 aromatic heterocycles. The van der Waals surface area contributed by atoms with Gasteiger partial charge in [0.15, 0.2) is 0 Å². The summed E-state index contributed by atoms with van der Waals surface area (Å²) in [5.74, 6) is 0.520. The van der Waals surface area contributed by atoms with Gasteiger partial charge in [-0.2, -0.15) is 0 Å². The molecule has 0 bridgehead atoms. The van der Waals surface area contributed by atoms with Gasteiger partial charge in [0.2, 0.25) is 5.91 Å². The molecule has 162 valence electrons. The molecule has 1 heterocycles. The summed E-state index contributed by atoms with van der Waals surface area (Å²) < 4.78 is 30.2. The van der Waals surface area contributed by atoms with Gasteiger partial charge >= 0.3 is 0 Å². The number of methoxy groups -OCH3 is 2. The lowest BCUT2D eigenvalue weighted by Gasteiger charge is -2.11. The van der Waals surface area contributed by atoms with Crippen LogP contribution >= 0.6 is 0 Å². The van der Waals surface area contributed by atoms with Crippen LogP contribution < -0.4 is 14.8 Å². The number of halogens is 1. The summed E-state index contributed by atoms with van der Waals surface area (Å²) in [7, 11) is 3.19. The lowest BCUT2D eigenvalue weighted by molar-refractivity contribution is -0.111. The summed E-state index contributed by atoms with van der Waals surface area (Å²) >= 11 is 0. The largest absolute Gasteiger partial charge is 0.496 e. The number of para-hydroxylation sites is 1. The van der Waals surface area contributed by atoms with Crippen molar-refractivity contribution >= 4 is 28.1 Å². The van der Waals surface area contributed by atoms with Gasteiger partial charge < -0.3 is 19.2 Å². The van der Waals surface area contributed by atoms with Gasteiger partial charge in [0.25, 0.3) is 0 Å². The van der Waals surface area contributed by atoms with Crippen LogP contribution in [0.5, 0.6) is 11.5 Å². The first-order chi connectivity index (χ1) is 15.5. The third-order valence-electron chi connectivity index (χ3n) is 5.16. The molecule has 1 amide bonds. The van der Waals surface area contributed by atoms with E-state index in [1.807, 2.05) is 37.3 Å². The average molecular weight is 431 g/mol. The highest BCUT2D eigenvalue weighted by molar-refractivity contribution is 6.05.